The molecule has 1 fully saturated rings. The van der Waals surface area contributed by atoms with Gasteiger partial charge in [-0.2, -0.15) is 0 Å². The van der Waals surface area contributed by atoms with Gasteiger partial charge in [0.25, 0.3) is 0 Å². The third-order valence-electron chi connectivity index (χ3n) is 4.50. The predicted octanol–water partition coefficient (Wildman–Crippen LogP) is 3.53. The van der Waals surface area contributed by atoms with E-state index in [1.807, 2.05) is 0 Å². The minimum absolute atomic E-state index is 0.572. The molecule has 1 N–H and O–H groups in total. The monoisotopic (exact) mass is 255 g/mol. The first-order chi connectivity index (χ1) is 8.60. The Bertz CT molecular complexity index is 251. The van der Waals surface area contributed by atoms with E-state index < -0.39 is 11.5 Å². The van der Waals surface area contributed by atoms with Crippen molar-refractivity contribution >= 4 is 5.97 Å². The van der Waals surface area contributed by atoms with Crippen LogP contribution in [-0.2, 0) is 4.79 Å². The van der Waals surface area contributed by atoms with Crippen LogP contribution < -0.4 is 0 Å². The highest BCUT2D eigenvalue weighted by Crippen LogP contribution is 2.38. The van der Waals surface area contributed by atoms with E-state index in [1.165, 1.54) is 6.42 Å². The van der Waals surface area contributed by atoms with Gasteiger partial charge < -0.3 is 5.11 Å². The standard InChI is InChI=1S/C15H29NO2/c1-4-11-16(12-5-2)15(14(17)18)9-7-13(6-3)8-10-15/h13H,4-12H2,1-3H3,(H,17,18). The molecule has 0 aromatic heterocycles. The molecule has 1 saturated carbocycles. The fourth-order valence-corrected chi connectivity index (χ4v) is 3.31. The second-order valence-corrected chi connectivity index (χ2v) is 5.68. The van der Waals surface area contributed by atoms with Crippen LogP contribution in [0.2, 0.25) is 0 Å². The van der Waals surface area contributed by atoms with Gasteiger partial charge in [0.2, 0.25) is 0 Å². The maximum absolute atomic E-state index is 11.8. The Hall–Kier alpha value is -0.570. The molecular weight excluding hydrogens is 226 g/mol. The Morgan fingerprint density at radius 1 is 1.17 bits per heavy atom. The fourth-order valence-electron chi connectivity index (χ4n) is 3.31. The highest BCUT2D eigenvalue weighted by Gasteiger charge is 2.45. The summed E-state index contributed by atoms with van der Waals surface area (Å²) in [5.41, 5.74) is -0.572. The second-order valence-electron chi connectivity index (χ2n) is 5.68. The lowest BCUT2D eigenvalue weighted by atomic mass is 9.74. The van der Waals surface area contributed by atoms with Crippen LogP contribution in [0.1, 0.15) is 65.7 Å². The van der Waals surface area contributed by atoms with Gasteiger partial charge in [-0.15, -0.1) is 0 Å². The van der Waals surface area contributed by atoms with Crippen LogP contribution in [0, 0.1) is 5.92 Å². The van der Waals surface area contributed by atoms with E-state index in [-0.39, 0.29) is 0 Å². The van der Waals surface area contributed by atoms with Gasteiger partial charge in [-0.3, -0.25) is 9.69 Å². The van der Waals surface area contributed by atoms with Gasteiger partial charge in [-0.25, -0.2) is 0 Å². The van der Waals surface area contributed by atoms with Crippen molar-refractivity contribution < 1.29 is 9.90 Å². The molecule has 0 amide bonds. The van der Waals surface area contributed by atoms with E-state index in [2.05, 4.69) is 25.7 Å². The quantitative estimate of drug-likeness (QED) is 0.756. The largest absolute Gasteiger partial charge is 0.480 e. The van der Waals surface area contributed by atoms with Gasteiger partial charge in [0.1, 0.15) is 5.54 Å². The highest BCUT2D eigenvalue weighted by molar-refractivity contribution is 5.79. The summed E-state index contributed by atoms with van der Waals surface area (Å²) in [6, 6.07) is 0. The molecule has 18 heavy (non-hydrogen) atoms. The Kier molecular flexibility index (Phi) is 6.13. The molecule has 0 atom stereocenters. The SMILES string of the molecule is CCCN(CCC)C1(C(=O)O)CCC(CC)CC1. The summed E-state index contributed by atoms with van der Waals surface area (Å²) >= 11 is 0. The van der Waals surface area contributed by atoms with E-state index >= 15 is 0 Å². The van der Waals surface area contributed by atoms with Crippen molar-refractivity contribution in [3.05, 3.63) is 0 Å². The van der Waals surface area contributed by atoms with E-state index in [1.54, 1.807) is 0 Å². The summed E-state index contributed by atoms with van der Waals surface area (Å²) < 4.78 is 0. The molecule has 0 unspecified atom stereocenters. The number of carboxylic acid groups (broad SMARTS) is 1. The molecule has 0 saturated heterocycles. The number of hydrogen-bond acceptors (Lipinski definition) is 2. The number of nitrogens with zero attached hydrogens (tertiary/aromatic N) is 1. The molecule has 0 aliphatic heterocycles. The second kappa shape index (κ2) is 7.13. The van der Waals surface area contributed by atoms with Gasteiger partial charge in [0.05, 0.1) is 0 Å². The van der Waals surface area contributed by atoms with E-state index in [0.29, 0.717) is 0 Å². The summed E-state index contributed by atoms with van der Waals surface area (Å²) in [7, 11) is 0. The molecule has 1 aliphatic carbocycles. The molecule has 0 heterocycles. The van der Waals surface area contributed by atoms with Gasteiger partial charge in [-0.1, -0.05) is 27.2 Å². The summed E-state index contributed by atoms with van der Waals surface area (Å²) in [6.45, 7) is 8.31. The van der Waals surface area contributed by atoms with Crippen molar-refractivity contribution in [3.63, 3.8) is 0 Å². The number of rotatable bonds is 7. The fraction of sp³-hybridized carbons (Fsp3) is 0.933. The van der Waals surface area contributed by atoms with Crippen LogP contribution in [0.25, 0.3) is 0 Å². The number of aliphatic carboxylic acids is 1. The van der Waals surface area contributed by atoms with Crippen LogP contribution >= 0.6 is 0 Å². The summed E-state index contributed by atoms with van der Waals surface area (Å²) in [4.78, 5) is 14.1. The maximum Gasteiger partial charge on any atom is 0.324 e. The molecule has 106 valence electrons. The average Bonchev–Trinajstić information content (AvgIpc) is 2.38. The zero-order chi connectivity index (χ0) is 13.6. The van der Waals surface area contributed by atoms with Gasteiger partial charge in [-0.05, 0) is 57.5 Å². The van der Waals surface area contributed by atoms with Crippen LogP contribution in [0.5, 0.6) is 0 Å². The van der Waals surface area contributed by atoms with Crippen LogP contribution in [0.15, 0.2) is 0 Å². The number of carboxylic acids is 1. The topological polar surface area (TPSA) is 40.5 Å². The van der Waals surface area contributed by atoms with Crippen molar-refractivity contribution in [2.45, 2.75) is 71.3 Å². The van der Waals surface area contributed by atoms with Crippen molar-refractivity contribution in [1.29, 1.82) is 0 Å². The summed E-state index contributed by atoms with van der Waals surface area (Å²) in [6.07, 6.45) is 7.08. The Morgan fingerprint density at radius 3 is 2.00 bits per heavy atom. The van der Waals surface area contributed by atoms with Crippen molar-refractivity contribution in [2.24, 2.45) is 5.92 Å². The van der Waals surface area contributed by atoms with Crippen molar-refractivity contribution in [2.75, 3.05) is 13.1 Å². The van der Waals surface area contributed by atoms with Gasteiger partial charge in [0.15, 0.2) is 0 Å². The van der Waals surface area contributed by atoms with E-state index in [0.717, 1.165) is 57.5 Å². The Morgan fingerprint density at radius 2 is 1.67 bits per heavy atom. The molecule has 1 aliphatic rings. The zero-order valence-electron chi connectivity index (χ0n) is 12.2. The summed E-state index contributed by atoms with van der Waals surface area (Å²) in [5, 5.41) is 9.73. The zero-order valence-corrected chi connectivity index (χ0v) is 12.2. The predicted molar refractivity (Wildman–Crippen MR) is 74.8 cm³/mol. The lowest BCUT2D eigenvalue weighted by molar-refractivity contribution is -0.155. The third kappa shape index (κ3) is 3.25. The maximum atomic E-state index is 11.8. The Labute approximate surface area is 112 Å². The average molecular weight is 255 g/mol. The molecule has 3 nitrogen and oxygen atoms in total. The molecule has 1 rings (SSSR count). The first-order valence-electron chi connectivity index (χ1n) is 7.59. The van der Waals surface area contributed by atoms with Gasteiger partial charge >= 0.3 is 5.97 Å². The van der Waals surface area contributed by atoms with Gasteiger partial charge in [0, 0.05) is 0 Å². The van der Waals surface area contributed by atoms with Crippen LogP contribution in [0.3, 0.4) is 0 Å². The first kappa shape index (κ1) is 15.5. The molecule has 0 aromatic carbocycles. The van der Waals surface area contributed by atoms with Crippen LogP contribution in [-0.4, -0.2) is 34.6 Å². The van der Waals surface area contributed by atoms with E-state index in [9.17, 15) is 9.90 Å². The smallest absolute Gasteiger partial charge is 0.324 e. The summed E-state index contributed by atoms with van der Waals surface area (Å²) in [5.74, 6) is 0.140. The van der Waals surface area contributed by atoms with E-state index in [4.69, 9.17) is 0 Å². The highest BCUT2D eigenvalue weighted by atomic mass is 16.4. The Balaban J connectivity index is 2.82. The van der Waals surface area contributed by atoms with Crippen LogP contribution in [0.4, 0.5) is 0 Å². The third-order valence-corrected chi connectivity index (χ3v) is 4.50. The van der Waals surface area contributed by atoms with Crippen molar-refractivity contribution in [3.8, 4) is 0 Å². The lowest BCUT2D eigenvalue weighted by Crippen LogP contribution is -2.57. The first-order valence-corrected chi connectivity index (χ1v) is 7.59. The lowest BCUT2D eigenvalue weighted by Gasteiger charge is -2.45. The molecule has 0 aromatic rings. The van der Waals surface area contributed by atoms with Crippen molar-refractivity contribution in [1.82, 2.24) is 4.90 Å². The number of hydrogen-bond donors (Lipinski definition) is 1. The molecule has 0 spiro atoms. The molecule has 0 radical (unpaired) electrons. The molecule has 0 bridgehead atoms. The minimum Gasteiger partial charge on any atom is -0.480 e. The normalized spacial score (nSPS) is 28.6. The number of carbonyl (C=O) groups is 1. The molecular formula is C15H29NO2. The molecule has 3 heteroatoms. The minimum atomic E-state index is -0.598.